The van der Waals surface area contributed by atoms with Gasteiger partial charge in [-0.3, -0.25) is 10.1 Å². The number of H-pyrrole nitrogens is 1. The van der Waals surface area contributed by atoms with Gasteiger partial charge in [-0.15, -0.1) is 11.3 Å². The molecule has 4 heterocycles. The minimum atomic E-state index is 0.642. The molecule has 0 bridgehead atoms. The maximum Gasteiger partial charge on any atom is 0.164 e. The van der Waals surface area contributed by atoms with E-state index >= 15 is 0 Å². The first-order valence-corrected chi connectivity index (χ1v) is 10.5. The van der Waals surface area contributed by atoms with Gasteiger partial charge >= 0.3 is 0 Å². The van der Waals surface area contributed by atoms with Crippen molar-refractivity contribution in [2.45, 2.75) is 20.4 Å². The van der Waals surface area contributed by atoms with E-state index < -0.39 is 0 Å². The van der Waals surface area contributed by atoms with E-state index in [0.29, 0.717) is 12.4 Å². The number of rotatable bonds is 5. The monoisotopic (exact) mass is 412 g/mol. The lowest BCUT2D eigenvalue weighted by atomic mass is 10.1. The van der Waals surface area contributed by atoms with Crippen LogP contribution in [0.25, 0.3) is 32.0 Å². The van der Waals surface area contributed by atoms with Crippen LogP contribution in [0.5, 0.6) is 0 Å². The second-order valence-electron chi connectivity index (χ2n) is 7.10. The molecule has 0 spiro atoms. The Morgan fingerprint density at radius 2 is 1.83 bits per heavy atom. The molecule has 0 aliphatic carbocycles. The van der Waals surface area contributed by atoms with E-state index in [4.69, 9.17) is 9.97 Å². The summed E-state index contributed by atoms with van der Waals surface area (Å²) in [5.41, 5.74) is 5.29. The van der Waals surface area contributed by atoms with E-state index in [0.717, 1.165) is 38.5 Å². The van der Waals surface area contributed by atoms with Crippen LogP contribution in [0.4, 0.5) is 5.82 Å². The number of nitrogens with one attached hydrogen (secondary N) is 2. The maximum absolute atomic E-state index is 4.85. The second kappa shape index (κ2) is 7.68. The van der Waals surface area contributed by atoms with E-state index in [1.54, 1.807) is 23.7 Å². The lowest BCUT2D eigenvalue weighted by Crippen LogP contribution is -2.05. The summed E-state index contributed by atoms with van der Waals surface area (Å²) in [4.78, 5) is 16.0. The lowest BCUT2D eigenvalue weighted by Gasteiger charge is -2.09. The van der Waals surface area contributed by atoms with Crippen molar-refractivity contribution in [3.63, 3.8) is 0 Å². The van der Waals surface area contributed by atoms with E-state index in [9.17, 15) is 0 Å². The first kappa shape index (κ1) is 18.4. The van der Waals surface area contributed by atoms with Crippen LogP contribution in [0.3, 0.4) is 0 Å². The summed E-state index contributed by atoms with van der Waals surface area (Å²) >= 11 is 1.67. The highest BCUT2D eigenvalue weighted by Crippen LogP contribution is 2.36. The third-order valence-corrected chi connectivity index (χ3v) is 6.16. The van der Waals surface area contributed by atoms with Crippen LogP contribution in [-0.4, -0.2) is 25.1 Å². The molecule has 0 aliphatic heterocycles. The summed E-state index contributed by atoms with van der Waals surface area (Å²) in [5, 5.41) is 11.9. The Labute approximate surface area is 178 Å². The Balaban J connectivity index is 1.61. The maximum atomic E-state index is 4.85. The molecule has 2 N–H and O–H groups in total. The Kier molecular flexibility index (Phi) is 4.72. The molecule has 7 heteroatoms. The normalized spacial score (nSPS) is 11.1. The minimum Gasteiger partial charge on any atom is -0.365 e. The molecule has 4 aromatic heterocycles. The number of hydrogen-bond donors (Lipinski definition) is 2. The Bertz CT molecular complexity index is 1290. The average molecular weight is 413 g/mol. The van der Waals surface area contributed by atoms with Gasteiger partial charge in [0, 0.05) is 40.6 Å². The van der Waals surface area contributed by atoms with E-state index in [2.05, 4.69) is 50.8 Å². The molecular weight excluding hydrogens is 392 g/mol. The third-order valence-electron chi connectivity index (χ3n) is 5.08. The zero-order chi connectivity index (χ0) is 20.5. The van der Waals surface area contributed by atoms with Crippen LogP contribution in [0.2, 0.25) is 0 Å². The summed E-state index contributed by atoms with van der Waals surface area (Å²) < 4.78 is 0. The third kappa shape index (κ3) is 3.44. The van der Waals surface area contributed by atoms with Gasteiger partial charge in [0.25, 0.3) is 0 Å². The van der Waals surface area contributed by atoms with Gasteiger partial charge in [0.05, 0.1) is 11.1 Å². The fourth-order valence-corrected chi connectivity index (χ4v) is 4.47. The van der Waals surface area contributed by atoms with Gasteiger partial charge in [-0.05, 0) is 37.6 Å². The molecule has 0 amide bonds. The molecular formula is C23H20N6S. The molecule has 148 valence electrons. The number of nitrogens with zero attached hydrogens (tertiary/aromatic N) is 4. The van der Waals surface area contributed by atoms with Crippen molar-refractivity contribution in [1.82, 2.24) is 25.1 Å². The van der Waals surface area contributed by atoms with Crippen LogP contribution in [0.15, 0.2) is 60.9 Å². The molecule has 0 fully saturated rings. The number of hydrogen-bond acceptors (Lipinski definition) is 6. The van der Waals surface area contributed by atoms with Crippen molar-refractivity contribution < 1.29 is 0 Å². The molecule has 1 aromatic carbocycles. The smallest absolute Gasteiger partial charge is 0.164 e. The van der Waals surface area contributed by atoms with Crippen LogP contribution in [0, 0.1) is 13.8 Å². The van der Waals surface area contributed by atoms with Crippen molar-refractivity contribution >= 4 is 27.4 Å². The number of thiophene rings is 1. The highest BCUT2D eigenvalue weighted by molar-refractivity contribution is 7.21. The Hall–Kier alpha value is -3.58. The molecule has 5 aromatic rings. The lowest BCUT2D eigenvalue weighted by molar-refractivity contribution is 1.02. The van der Waals surface area contributed by atoms with Crippen LogP contribution < -0.4 is 5.32 Å². The zero-order valence-electron chi connectivity index (χ0n) is 16.7. The van der Waals surface area contributed by atoms with Crippen LogP contribution in [0.1, 0.15) is 17.0 Å². The van der Waals surface area contributed by atoms with Gasteiger partial charge in [0.15, 0.2) is 5.82 Å². The number of aromatic nitrogens is 5. The summed E-state index contributed by atoms with van der Waals surface area (Å²) in [6.45, 7) is 4.68. The van der Waals surface area contributed by atoms with Gasteiger partial charge in [-0.25, -0.2) is 9.97 Å². The van der Waals surface area contributed by atoms with Gasteiger partial charge in [-0.2, -0.15) is 5.10 Å². The van der Waals surface area contributed by atoms with Crippen molar-refractivity contribution in [3.8, 4) is 21.8 Å². The highest BCUT2D eigenvalue weighted by atomic mass is 32.1. The van der Waals surface area contributed by atoms with Crippen LogP contribution >= 0.6 is 11.3 Å². The molecule has 0 aliphatic rings. The molecule has 0 unspecified atom stereocenters. The predicted octanol–water partition coefficient (Wildman–Crippen LogP) is 5.37. The largest absolute Gasteiger partial charge is 0.365 e. The number of benzene rings is 1. The fourth-order valence-electron chi connectivity index (χ4n) is 3.43. The predicted molar refractivity (Wildman–Crippen MR) is 121 cm³/mol. The number of pyridine rings is 1. The molecule has 30 heavy (non-hydrogen) atoms. The van der Waals surface area contributed by atoms with E-state index in [1.165, 1.54) is 10.4 Å². The van der Waals surface area contributed by atoms with Gasteiger partial charge < -0.3 is 5.32 Å². The molecule has 0 radical (unpaired) electrons. The van der Waals surface area contributed by atoms with Crippen LogP contribution in [-0.2, 0) is 6.54 Å². The summed E-state index contributed by atoms with van der Waals surface area (Å²) in [7, 11) is 0. The molecule has 0 atom stereocenters. The first-order chi connectivity index (χ1) is 14.7. The number of fused-ring (bicyclic) bond motifs is 1. The Morgan fingerprint density at radius 3 is 2.57 bits per heavy atom. The van der Waals surface area contributed by atoms with Gasteiger partial charge in [-0.1, -0.05) is 30.3 Å². The van der Waals surface area contributed by atoms with Crippen molar-refractivity contribution in [2.75, 3.05) is 5.32 Å². The zero-order valence-corrected chi connectivity index (χ0v) is 17.5. The summed E-state index contributed by atoms with van der Waals surface area (Å²) in [6, 6.07) is 16.4. The van der Waals surface area contributed by atoms with Gasteiger partial charge in [0.2, 0.25) is 0 Å². The second-order valence-corrected chi connectivity index (χ2v) is 8.13. The SMILES string of the molecule is Cc1n[nH]c(C)c1CNc1nc(-c2cccnc2)nc2sc(-c3ccccc3)cc12. The van der Waals surface area contributed by atoms with E-state index in [-0.39, 0.29) is 0 Å². The number of anilines is 1. The molecule has 5 rings (SSSR count). The number of aromatic amines is 1. The average Bonchev–Trinajstić information content (AvgIpc) is 3.36. The summed E-state index contributed by atoms with van der Waals surface area (Å²) in [6.07, 6.45) is 3.55. The van der Waals surface area contributed by atoms with Crippen molar-refractivity contribution in [1.29, 1.82) is 0 Å². The van der Waals surface area contributed by atoms with Crippen molar-refractivity contribution in [3.05, 3.63) is 77.9 Å². The van der Waals surface area contributed by atoms with Crippen molar-refractivity contribution in [2.24, 2.45) is 0 Å². The Morgan fingerprint density at radius 1 is 1.00 bits per heavy atom. The molecule has 0 saturated heterocycles. The quantitative estimate of drug-likeness (QED) is 0.406. The fraction of sp³-hybridized carbons (Fsp3) is 0.130. The highest BCUT2D eigenvalue weighted by Gasteiger charge is 2.15. The van der Waals surface area contributed by atoms with E-state index in [1.807, 2.05) is 32.0 Å². The topological polar surface area (TPSA) is 79.4 Å². The molecule has 6 nitrogen and oxygen atoms in total. The summed E-state index contributed by atoms with van der Waals surface area (Å²) in [5.74, 6) is 1.48. The van der Waals surface area contributed by atoms with Gasteiger partial charge in [0.1, 0.15) is 10.6 Å². The standard InChI is InChI=1S/C23H20N6S/c1-14-19(15(2)29-28-14)13-25-22-18-11-20(16-7-4-3-5-8-16)30-23(18)27-21(26-22)17-9-6-10-24-12-17/h3-12H,13H2,1-2H3,(H,28,29)(H,25,26,27). The first-order valence-electron chi connectivity index (χ1n) is 9.71. The molecule has 0 saturated carbocycles. The number of aryl methyl sites for hydroxylation is 2. The minimum absolute atomic E-state index is 0.642.